The third-order valence-electron chi connectivity index (χ3n) is 7.17. The highest BCUT2D eigenvalue weighted by molar-refractivity contribution is 6.01. The normalized spacial score (nSPS) is 13.8. The van der Waals surface area contributed by atoms with Gasteiger partial charge in [0, 0.05) is 37.0 Å². The fourth-order valence-electron chi connectivity index (χ4n) is 5.15. The zero-order valence-electron chi connectivity index (χ0n) is 21.9. The predicted octanol–water partition coefficient (Wildman–Crippen LogP) is 5.05. The predicted molar refractivity (Wildman–Crippen MR) is 150 cm³/mol. The Hall–Kier alpha value is -4.44. The number of pyridine rings is 1. The van der Waals surface area contributed by atoms with Crippen molar-refractivity contribution in [1.29, 1.82) is 0 Å². The van der Waals surface area contributed by atoms with E-state index < -0.39 is 4.92 Å². The highest BCUT2D eigenvalue weighted by Gasteiger charge is 2.24. The van der Waals surface area contributed by atoms with E-state index in [1.165, 1.54) is 19.6 Å². The van der Waals surface area contributed by atoms with E-state index in [1.54, 1.807) is 18.2 Å². The van der Waals surface area contributed by atoms with Crippen LogP contribution in [0.15, 0.2) is 60.8 Å². The van der Waals surface area contributed by atoms with Crippen molar-refractivity contribution in [2.24, 2.45) is 5.73 Å². The van der Waals surface area contributed by atoms with Crippen LogP contribution >= 0.6 is 0 Å². The van der Waals surface area contributed by atoms with E-state index in [0.29, 0.717) is 41.4 Å². The van der Waals surface area contributed by atoms with Crippen molar-refractivity contribution < 1.29 is 14.5 Å². The molecule has 0 aliphatic heterocycles. The summed E-state index contributed by atoms with van der Waals surface area (Å²) in [6.45, 7) is 0.775. The molecule has 1 fully saturated rings. The molecule has 1 amide bonds. The van der Waals surface area contributed by atoms with Gasteiger partial charge in [0.25, 0.3) is 5.91 Å². The summed E-state index contributed by atoms with van der Waals surface area (Å²) >= 11 is 0. The molecular formula is C29H32N6O4. The number of nitro groups is 1. The number of benzene rings is 2. The summed E-state index contributed by atoms with van der Waals surface area (Å²) in [4.78, 5) is 29.5. The van der Waals surface area contributed by atoms with Gasteiger partial charge in [-0.2, -0.15) is 0 Å². The maximum absolute atomic E-state index is 13.3. The van der Waals surface area contributed by atoms with Gasteiger partial charge in [-0.1, -0.05) is 43.5 Å². The first-order chi connectivity index (χ1) is 19.0. The summed E-state index contributed by atoms with van der Waals surface area (Å²) in [5, 5.41) is 18.4. The third kappa shape index (κ3) is 5.56. The van der Waals surface area contributed by atoms with E-state index in [9.17, 15) is 14.9 Å². The minimum absolute atomic E-state index is 0.145. The minimum Gasteiger partial charge on any atom is -0.490 e. The Morgan fingerprint density at radius 2 is 1.92 bits per heavy atom. The van der Waals surface area contributed by atoms with Crippen LogP contribution < -0.4 is 21.1 Å². The number of nitrogens with zero attached hydrogens (tertiary/aromatic N) is 3. The van der Waals surface area contributed by atoms with Gasteiger partial charge >= 0.3 is 5.69 Å². The van der Waals surface area contributed by atoms with Gasteiger partial charge in [0.05, 0.1) is 17.6 Å². The average molecular weight is 529 g/mol. The molecule has 0 spiro atoms. The molecule has 4 aromatic rings. The molecule has 2 aromatic heterocycles. The lowest BCUT2D eigenvalue weighted by Crippen LogP contribution is -2.24. The molecule has 0 radical (unpaired) electrons. The van der Waals surface area contributed by atoms with Gasteiger partial charge in [0.1, 0.15) is 11.5 Å². The Balaban J connectivity index is 1.55. The molecule has 0 atom stereocenters. The fraction of sp³-hybridized carbons (Fsp3) is 0.310. The quantitative estimate of drug-likeness (QED) is 0.204. The number of rotatable bonds is 9. The van der Waals surface area contributed by atoms with Crippen LogP contribution in [0, 0.1) is 10.1 Å². The Labute approximate surface area is 226 Å². The number of carbonyl (C=O) groups is 1. The number of aromatic nitrogens is 2. The first-order valence-corrected chi connectivity index (χ1v) is 13.1. The topological polar surface area (TPSA) is 137 Å². The summed E-state index contributed by atoms with van der Waals surface area (Å²) in [6.07, 6.45) is 7.39. The largest absolute Gasteiger partial charge is 0.490 e. The van der Waals surface area contributed by atoms with Gasteiger partial charge in [-0.3, -0.25) is 19.3 Å². The summed E-state index contributed by atoms with van der Waals surface area (Å²) in [6, 6.07) is 16.4. The SMILES string of the molecule is COc1ccc(-c2nc3c(C(=O)NCc4cccc(CN)c4)cccn3c2NC2CCCCC2)cc1[N+](=O)[O-]. The smallest absolute Gasteiger partial charge is 0.311 e. The maximum atomic E-state index is 13.3. The lowest BCUT2D eigenvalue weighted by Gasteiger charge is -2.24. The number of anilines is 1. The third-order valence-corrected chi connectivity index (χ3v) is 7.17. The van der Waals surface area contributed by atoms with Crippen LogP contribution in [0.3, 0.4) is 0 Å². The Morgan fingerprint density at radius 1 is 1.13 bits per heavy atom. The molecule has 2 aromatic carbocycles. The number of ether oxygens (including phenoxy) is 1. The molecule has 0 saturated heterocycles. The number of amides is 1. The molecule has 1 aliphatic rings. The summed E-state index contributed by atoms with van der Waals surface area (Å²) in [5.74, 6) is 0.620. The number of hydrogen-bond acceptors (Lipinski definition) is 7. The molecule has 10 nitrogen and oxygen atoms in total. The molecule has 0 bridgehead atoms. The van der Waals surface area contributed by atoms with Crippen LogP contribution in [0.25, 0.3) is 16.9 Å². The van der Waals surface area contributed by atoms with Crippen LogP contribution in [-0.2, 0) is 13.1 Å². The number of nitro benzene ring substituents is 1. The minimum atomic E-state index is -0.467. The molecular weight excluding hydrogens is 496 g/mol. The Bertz CT molecular complexity index is 1510. The van der Waals surface area contributed by atoms with E-state index in [0.717, 1.165) is 36.8 Å². The van der Waals surface area contributed by atoms with Crippen molar-refractivity contribution in [1.82, 2.24) is 14.7 Å². The maximum Gasteiger partial charge on any atom is 0.311 e. The van der Waals surface area contributed by atoms with Crippen LogP contribution in [-0.4, -0.2) is 33.4 Å². The summed E-state index contributed by atoms with van der Waals surface area (Å²) in [5.41, 5.74) is 9.54. The summed E-state index contributed by atoms with van der Waals surface area (Å²) in [7, 11) is 1.40. The number of nitrogens with one attached hydrogen (secondary N) is 2. The Kier molecular flexibility index (Phi) is 7.74. The van der Waals surface area contributed by atoms with Crippen LogP contribution in [0.4, 0.5) is 11.5 Å². The van der Waals surface area contributed by atoms with Crippen LogP contribution in [0.1, 0.15) is 53.6 Å². The van der Waals surface area contributed by atoms with Gasteiger partial charge in [0.15, 0.2) is 11.4 Å². The lowest BCUT2D eigenvalue weighted by atomic mass is 9.95. The highest BCUT2D eigenvalue weighted by Crippen LogP contribution is 2.37. The molecule has 39 heavy (non-hydrogen) atoms. The number of hydrogen-bond donors (Lipinski definition) is 3. The lowest BCUT2D eigenvalue weighted by molar-refractivity contribution is -0.385. The van der Waals surface area contributed by atoms with Gasteiger partial charge in [-0.15, -0.1) is 0 Å². The molecule has 1 aliphatic carbocycles. The van der Waals surface area contributed by atoms with Gasteiger partial charge in [-0.25, -0.2) is 4.98 Å². The van der Waals surface area contributed by atoms with E-state index >= 15 is 0 Å². The van der Waals surface area contributed by atoms with Crippen molar-refractivity contribution in [3.8, 4) is 17.0 Å². The number of imidazole rings is 1. The van der Waals surface area contributed by atoms with Crippen LogP contribution in [0.5, 0.6) is 5.75 Å². The molecule has 5 rings (SSSR count). The first kappa shape index (κ1) is 26.2. The second-order valence-corrected chi connectivity index (χ2v) is 9.75. The van der Waals surface area contributed by atoms with E-state index in [2.05, 4.69) is 10.6 Å². The van der Waals surface area contributed by atoms with Gasteiger partial charge in [-0.05, 0) is 48.2 Å². The number of nitrogens with two attached hydrogens (primary N) is 1. The second-order valence-electron chi connectivity index (χ2n) is 9.75. The van der Waals surface area contributed by atoms with Crippen molar-refractivity contribution in [2.75, 3.05) is 12.4 Å². The molecule has 10 heteroatoms. The standard InChI is InChI=1S/C29H32N6O4/c1-39-25-13-12-21(16-24(25)35(37)38)26-28(32-22-9-3-2-4-10-22)34-14-6-11-23(27(34)33-26)29(36)31-18-20-8-5-7-19(15-20)17-30/h5-8,11-16,22,32H,2-4,9-10,17-18,30H2,1H3,(H,31,36). The summed E-state index contributed by atoms with van der Waals surface area (Å²) < 4.78 is 7.06. The molecule has 2 heterocycles. The van der Waals surface area contributed by atoms with Gasteiger partial charge < -0.3 is 21.1 Å². The molecule has 4 N–H and O–H groups in total. The molecule has 202 valence electrons. The van der Waals surface area contributed by atoms with Crippen molar-refractivity contribution in [3.05, 3.63) is 87.6 Å². The zero-order valence-corrected chi connectivity index (χ0v) is 21.9. The Morgan fingerprint density at radius 3 is 2.67 bits per heavy atom. The van der Waals surface area contributed by atoms with Crippen molar-refractivity contribution in [3.63, 3.8) is 0 Å². The van der Waals surface area contributed by atoms with E-state index in [1.807, 2.05) is 40.9 Å². The van der Waals surface area contributed by atoms with Crippen molar-refractivity contribution in [2.45, 2.75) is 51.2 Å². The highest BCUT2D eigenvalue weighted by atomic mass is 16.6. The van der Waals surface area contributed by atoms with Gasteiger partial charge in [0.2, 0.25) is 0 Å². The number of methoxy groups -OCH3 is 1. The molecule has 0 unspecified atom stereocenters. The average Bonchev–Trinajstić information content (AvgIpc) is 3.34. The van der Waals surface area contributed by atoms with Crippen molar-refractivity contribution >= 4 is 23.1 Å². The molecule has 1 saturated carbocycles. The van der Waals surface area contributed by atoms with Crippen LogP contribution in [0.2, 0.25) is 0 Å². The second kappa shape index (κ2) is 11.5. The fourth-order valence-corrected chi connectivity index (χ4v) is 5.15. The first-order valence-electron chi connectivity index (χ1n) is 13.1. The number of fused-ring (bicyclic) bond motifs is 1. The zero-order chi connectivity index (χ0) is 27.4. The monoisotopic (exact) mass is 528 g/mol. The number of carbonyl (C=O) groups excluding carboxylic acids is 1. The van der Waals surface area contributed by atoms with E-state index in [4.69, 9.17) is 15.5 Å². The van der Waals surface area contributed by atoms with E-state index in [-0.39, 0.29) is 23.4 Å².